The summed E-state index contributed by atoms with van der Waals surface area (Å²) in [6.07, 6.45) is 1.10. The molecular formula is C11H20O3S. The second-order valence-electron chi connectivity index (χ2n) is 4.62. The molecule has 0 unspecified atom stereocenters. The maximum Gasteiger partial charge on any atom is 0.179 e. The first-order chi connectivity index (χ1) is 6.63. The van der Waals surface area contributed by atoms with Crippen LogP contribution in [0.3, 0.4) is 0 Å². The van der Waals surface area contributed by atoms with Gasteiger partial charge in [0.05, 0.1) is 4.75 Å². The molecule has 0 aliphatic carbocycles. The molecule has 0 spiro atoms. The second kappa shape index (κ2) is 4.92. The topological polar surface area (TPSA) is 51.2 Å². The molecule has 0 aromatic heterocycles. The summed E-state index contributed by atoms with van der Waals surface area (Å²) in [5.41, 5.74) is 0. The lowest BCUT2D eigenvalue weighted by molar-refractivity contribution is -0.118. The van der Waals surface area contributed by atoms with Crippen molar-refractivity contribution in [2.75, 3.05) is 0 Å². The van der Waals surface area contributed by atoms with Crippen molar-refractivity contribution in [1.29, 1.82) is 0 Å². The molecule has 4 heteroatoms. The predicted octanol–water partition coefficient (Wildman–Crippen LogP) is 2.47. The van der Waals surface area contributed by atoms with Gasteiger partial charge in [-0.25, -0.2) is 8.42 Å². The Morgan fingerprint density at radius 1 is 1.27 bits per heavy atom. The molecule has 0 aliphatic rings. The monoisotopic (exact) mass is 232 g/mol. The molecule has 0 rings (SSSR count). The van der Waals surface area contributed by atoms with E-state index in [1.54, 1.807) is 20.8 Å². The van der Waals surface area contributed by atoms with Gasteiger partial charge in [-0.05, 0) is 27.2 Å². The smallest absolute Gasteiger partial charge is 0.179 e. The average molecular weight is 232 g/mol. The zero-order valence-corrected chi connectivity index (χ0v) is 10.8. The maximum atomic E-state index is 11.8. The molecule has 0 aromatic rings. The zero-order valence-electron chi connectivity index (χ0n) is 9.96. The Hall–Kier alpha value is -0.640. The zero-order chi connectivity index (χ0) is 12.3. The molecule has 0 N–H and O–H groups in total. The van der Waals surface area contributed by atoms with E-state index < -0.39 is 14.6 Å². The number of carbonyl (C=O) groups is 1. The van der Waals surface area contributed by atoms with Crippen LogP contribution in [-0.4, -0.2) is 18.9 Å². The molecule has 0 aromatic carbocycles. The first-order valence-electron chi connectivity index (χ1n) is 5.07. The molecule has 0 heterocycles. The lowest BCUT2D eigenvalue weighted by Gasteiger charge is -2.20. The summed E-state index contributed by atoms with van der Waals surface area (Å²) in [6, 6.07) is 0. The number of Topliss-reactive ketones (excluding diaryl/α,β-unsaturated/α-hetero) is 1. The fourth-order valence-electron chi connectivity index (χ4n) is 1.12. The number of allylic oxidation sites excluding steroid dienone is 1. The predicted molar refractivity (Wildman–Crippen MR) is 62.3 cm³/mol. The minimum Gasteiger partial charge on any atom is -0.299 e. The maximum absolute atomic E-state index is 11.8. The third kappa shape index (κ3) is 3.78. The minimum atomic E-state index is -3.41. The molecule has 0 fully saturated rings. The SMILES string of the molecule is C=C(CC(=O)CCC)S(=O)(=O)C(C)(C)C. The van der Waals surface area contributed by atoms with Gasteiger partial charge in [0.15, 0.2) is 9.84 Å². The highest BCUT2D eigenvalue weighted by Crippen LogP contribution is 2.24. The van der Waals surface area contributed by atoms with Crippen LogP contribution in [0.15, 0.2) is 11.5 Å². The summed E-state index contributed by atoms with van der Waals surface area (Å²) in [4.78, 5) is 11.3. The third-order valence-corrected chi connectivity index (χ3v) is 4.63. The highest BCUT2D eigenvalue weighted by Gasteiger charge is 2.32. The van der Waals surface area contributed by atoms with Gasteiger partial charge < -0.3 is 0 Å². The van der Waals surface area contributed by atoms with Crippen molar-refractivity contribution in [2.24, 2.45) is 0 Å². The lowest BCUT2D eigenvalue weighted by atomic mass is 10.2. The fourth-order valence-corrected chi connectivity index (χ4v) is 2.33. The molecule has 3 nitrogen and oxygen atoms in total. The number of carbonyl (C=O) groups excluding carboxylic acids is 1. The summed E-state index contributed by atoms with van der Waals surface area (Å²) in [5, 5.41) is 0. The van der Waals surface area contributed by atoms with E-state index in [0.29, 0.717) is 6.42 Å². The van der Waals surface area contributed by atoms with Gasteiger partial charge in [0, 0.05) is 17.7 Å². The Kier molecular flexibility index (Phi) is 4.71. The first-order valence-corrected chi connectivity index (χ1v) is 6.55. The van der Waals surface area contributed by atoms with Crippen molar-refractivity contribution in [1.82, 2.24) is 0 Å². The first kappa shape index (κ1) is 14.4. The molecule has 0 bridgehead atoms. The quantitative estimate of drug-likeness (QED) is 0.731. The van der Waals surface area contributed by atoms with E-state index in [4.69, 9.17) is 0 Å². The third-order valence-electron chi connectivity index (χ3n) is 2.11. The largest absolute Gasteiger partial charge is 0.299 e. The molecular weight excluding hydrogens is 212 g/mol. The molecule has 0 saturated carbocycles. The van der Waals surface area contributed by atoms with E-state index in [1.807, 2.05) is 6.92 Å². The van der Waals surface area contributed by atoms with E-state index in [0.717, 1.165) is 6.42 Å². The van der Waals surface area contributed by atoms with Crippen LogP contribution in [0.25, 0.3) is 0 Å². The van der Waals surface area contributed by atoms with Crippen molar-refractivity contribution in [2.45, 2.75) is 51.7 Å². The van der Waals surface area contributed by atoms with E-state index in [-0.39, 0.29) is 17.1 Å². The van der Waals surface area contributed by atoms with Gasteiger partial charge in [-0.3, -0.25) is 4.79 Å². The van der Waals surface area contributed by atoms with Crippen LogP contribution < -0.4 is 0 Å². The van der Waals surface area contributed by atoms with Crippen LogP contribution in [0.4, 0.5) is 0 Å². The van der Waals surface area contributed by atoms with Gasteiger partial charge in [-0.2, -0.15) is 0 Å². The summed E-state index contributed by atoms with van der Waals surface area (Å²) in [6.45, 7) is 10.2. The Bertz CT molecular complexity index is 345. The molecule has 0 aliphatic heterocycles. The Balaban J connectivity index is 4.69. The Morgan fingerprint density at radius 3 is 2.07 bits per heavy atom. The normalized spacial score (nSPS) is 12.5. The van der Waals surface area contributed by atoms with Gasteiger partial charge >= 0.3 is 0 Å². The van der Waals surface area contributed by atoms with Gasteiger partial charge in [0.25, 0.3) is 0 Å². The van der Waals surface area contributed by atoms with Gasteiger partial charge in [0.2, 0.25) is 0 Å². The Labute approximate surface area is 92.5 Å². The summed E-state index contributed by atoms with van der Waals surface area (Å²) >= 11 is 0. The number of sulfone groups is 1. The van der Waals surface area contributed by atoms with E-state index in [1.165, 1.54) is 0 Å². The number of hydrogen-bond acceptors (Lipinski definition) is 3. The fraction of sp³-hybridized carbons (Fsp3) is 0.727. The summed E-state index contributed by atoms with van der Waals surface area (Å²) in [7, 11) is -3.41. The molecule has 88 valence electrons. The molecule has 0 atom stereocenters. The van der Waals surface area contributed by atoms with Crippen molar-refractivity contribution in [3.05, 3.63) is 11.5 Å². The van der Waals surface area contributed by atoms with Crippen LogP contribution in [0, 0.1) is 0 Å². The van der Waals surface area contributed by atoms with Crippen molar-refractivity contribution in [3.63, 3.8) is 0 Å². The highest BCUT2D eigenvalue weighted by molar-refractivity contribution is 7.96. The van der Waals surface area contributed by atoms with E-state index in [2.05, 4.69) is 6.58 Å². The average Bonchev–Trinajstić information content (AvgIpc) is 2.02. The van der Waals surface area contributed by atoms with Crippen molar-refractivity contribution >= 4 is 15.6 Å². The van der Waals surface area contributed by atoms with Crippen molar-refractivity contribution < 1.29 is 13.2 Å². The summed E-state index contributed by atoms with van der Waals surface area (Å²) < 4.78 is 22.8. The van der Waals surface area contributed by atoms with Crippen LogP contribution >= 0.6 is 0 Å². The van der Waals surface area contributed by atoms with Crippen LogP contribution in [-0.2, 0) is 14.6 Å². The molecule has 0 radical (unpaired) electrons. The minimum absolute atomic E-state index is 0.0356. The Morgan fingerprint density at radius 2 is 1.73 bits per heavy atom. The van der Waals surface area contributed by atoms with Gasteiger partial charge in [-0.1, -0.05) is 13.5 Å². The second-order valence-corrected chi connectivity index (χ2v) is 7.43. The van der Waals surface area contributed by atoms with Crippen LogP contribution in [0.1, 0.15) is 47.0 Å². The van der Waals surface area contributed by atoms with Crippen molar-refractivity contribution in [3.8, 4) is 0 Å². The number of hydrogen-bond donors (Lipinski definition) is 0. The molecule has 0 saturated heterocycles. The lowest BCUT2D eigenvalue weighted by Crippen LogP contribution is -2.29. The number of ketones is 1. The van der Waals surface area contributed by atoms with Gasteiger partial charge in [-0.15, -0.1) is 0 Å². The van der Waals surface area contributed by atoms with Crippen LogP contribution in [0.5, 0.6) is 0 Å². The standard InChI is InChI=1S/C11H20O3S/c1-6-7-10(12)8-9(2)15(13,14)11(3,4)5/h2,6-8H2,1,3-5H3. The number of rotatable bonds is 5. The van der Waals surface area contributed by atoms with Crippen LogP contribution in [0.2, 0.25) is 0 Å². The molecule has 15 heavy (non-hydrogen) atoms. The van der Waals surface area contributed by atoms with E-state index >= 15 is 0 Å². The molecule has 0 amide bonds. The summed E-state index contributed by atoms with van der Waals surface area (Å²) in [5.74, 6) is -0.0599. The van der Waals surface area contributed by atoms with Gasteiger partial charge in [0.1, 0.15) is 5.78 Å². The van der Waals surface area contributed by atoms with E-state index in [9.17, 15) is 13.2 Å². The highest BCUT2D eigenvalue weighted by atomic mass is 32.2.